The molecule has 0 saturated heterocycles. The number of hydrogen-bond donors (Lipinski definition) is 0. The molecule has 0 spiro atoms. The molecule has 1 aromatic carbocycles. The van der Waals surface area contributed by atoms with Gasteiger partial charge in [-0.15, -0.1) is 0 Å². The van der Waals surface area contributed by atoms with Gasteiger partial charge in [0.1, 0.15) is 0 Å². The Morgan fingerprint density at radius 1 is 1.21 bits per heavy atom. The van der Waals surface area contributed by atoms with Crippen LogP contribution in [-0.4, -0.2) is 6.61 Å². The molecular weight excluding hydrogens is 172 g/mol. The maximum absolute atomic E-state index is 5.65. The average Bonchev–Trinajstić information content (AvgIpc) is 2.72. The molecule has 0 radical (unpaired) electrons. The predicted molar refractivity (Wildman–Crippen MR) is 58.0 cm³/mol. The lowest BCUT2D eigenvalue weighted by Crippen LogP contribution is -2.04. The maximum Gasteiger partial charge on any atom is 0.0717 e. The molecule has 0 unspecified atom stereocenters. The Kier molecular flexibility index (Phi) is 3.36. The van der Waals surface area contributed by atoms with E-state index < -0.39 is 0 Å². The van der Waals surface area contributed by atoms with Crippen molar-refractivity contribution in [2.75, 3.05) is 6.61 Å². The van der Waals surface area contributed by atoms with Crippen molar-refractivity contribution in [1.29, 1.82) is 0 Å². The van der Waals surface area contributed by atoms with E-state index in [1.54, 1.807) is 0 Å². The van der Waals surface area contributed by atoms with Crippen LogP contribution in [0, 0.1) is 5.92 Å². The first-order valence-corrected chi connectivity index (χ1v) is 5.23. The third-order valence-corrected chi connectivity index (χ3v) is 2.56. The number of rotatable bonds is 4. The normalized spacial score (nSPS) is 20.1. The first kappa shape index (κ1) is 9.47. The van der Waals surface area contributed by atoms with E-state index in [2.05, 4.69) is 24.3 Å². The van der Waals surface area contributed by atoms with Crippen LogP contribution in [0.1, 0.15) is 18.4 Å². The van der Waals surface area contributed by atoms with E-state index in [9.17, 15) is 0 Å². The summed E-state index contributed by atoms with van der Waals surface area (Å²) in [4.78, 5) is 0. The number of hydrogen-bond acceptors (Lipinski definition) is 1. The van der Waals surface area contributed by atoms with Crippen LogP contribution in [0.5, 0.6) is 0 Å². The van der Waals surface area contributed by atoms with Crippen LogP contribution >= 0.6 is 0 Å². The van der Waals surface area contributed by atoms with Gasteiger partial charge in [0.15, 0.2) is 0 Å². The second-order valence-electron chi connectivity index (χ2n) is 3.77. The topological polar surface area (TPSA) is 9.23 Å². The van der Waals surface area contributed by atoms with Crippen molar-refractivity contribution in [2.24, 2.45) is 5.92 Å². The van der Waals surface area contributed by atoms with Gasteiger partial charge in [0.25, 0.3) is 0 Å². The quantitative estimate of drug-likeness (QED) is 0.659. The van der Waals surface area contributed by atoms with Gasteiger partial charge in [0.2, 0.25) is 0 Å². The summed E-state index contributed by atoms with van der Waals surface area (Å²) in [5, 5.41) is 0. The molecule has 0 N–H and O–H groups in total. The first-order chi connectivity index (χ1) is 6.95. The van der Waals surface area contributed by atoms with Crippen molar-refractivity contribution in [3.8, 4) is 0 Å². The van der Waals surface area contributed by atoms with Crippen molar-refractivity contribution in [3.63, 3.8) is 0 Å². The van der Waals surface area contributed by atoms with Gasteiger partial charge in [0.05, 0.1) is 13.2 Å². The smallest absolute Gasteiger partial charge is 0.0717 e. The van der Waals surface area contributed by atoms with E-state index in [0.29, 0.717) is 5.92 Å². The molecule has 0 aliphatic heterocycles. The van der Waals surface area contributed by atoms with Gasteiger partial charge in [-0.05, 0) is 18.4 Å². The Labute approximate surface area is 85.4 Å². The number of allylic oxidation sites excluding steroid dienone is 1. The minimum atomic E-state index is 0.652. The van der Waals surface area contributed by atoms with E-state index in [0.717, 1.165) is 13.2 Å². The lowest BCUT2D eigenvalue weighted by molar-refractivity contribution is 0.0994. The molecule has 1 atom stereocenters. The van der Waals surface area contributed by atoms with Gasteiger partial charge < -0.3 is 4.74 Å². The van der Waals surface area contributed by atoms with E-state index in [4.69, 9.17) is 4.74 Å². The van der Waals surface area contributed by atoms with Crippen molar-refractivity contribution in [3.05, 3.63) is 48.0 Å². The Balaban J connectivity index is 1.70. The van der Waals surface area contributed by atoms with Crippen LogP contribution in [0.25, 0.3) is 0 Å². The zero-order chi connectivity index (χ0) is 9.64. The molecule has 0 saturated carbocycles. The van der Waals surface area contributed by atoms with Gasteiger partial charge >= 0.3 is 0 Å². The zero-order valence-corrected chi connectivity index (χ0v) is 8.36. The summed E-state index contributed by atoms with van der Waals surface area (Å²) >= 11 is 0. The van der Waals surface area contributed by atoms with E-state index in [1.807, 2.05) is 18.2 Å². The minimum Gasteiger partial charge on any atom is -0.376 e. The second kappa shape index (κ2) is 4.97. The molecule has 0 aromatic heterocycles. The van der Waals surface area contributed by atoms with Crippen LogP contribution in [0.15, 0.2) is 42.5 Å². The molecule has 1 aliphatic rings. The molecule has 1 heteroatoms. The molecule has 1 aliphatic carbocycles. The summed E-state index contributed by atoms with van der Waals surface area (Å²) in [7, 11) is 0. The monoisotopic (exact) mass is 188 g/mol. The highest BCUT2D eigenvalue weighted by atomic mass is 16.5. The summed E-state index contributed by atoms with van der Waals surface area (Å²) in [6.07, 6.45) is 7.00. The standard InChI is InChI=1S/C13H16O/c1-2-6-12(7-3-1)10-14-11-13-8-4-5-9-13/h1-4,6-8,13H,5,9-11H2/t13-/m0/s1. The van der Waals surface area contributed by atoms with Crippen molar-refractivity contribution >= 4 is 0 Å². The molecule has 74 valence electrons. The Bertz CT molecular complexity index is 289. The SMILES string of the molecule is C1=C[C@H](COCc2ccccc2)CC1. The third-order valence-electron chi connectivity index (χ3n) is 2.56. The fourth-order valence-corrected chi connectivity index (χ4v) is 1.74. The summed E-state index contributed by atoms with van der Waals surface area (Å²) < 4.78 is 5.65. The maximum atomic E-state index is 5.65. The lowest BCUT2D eigenvalue weighted by Gasteiger charge is -2.08. The molecule has 0 fully saturated rings. The van der Waals surface area contributed by atoms with Crippen molar-refractivity contribution in [1.82, 2.24) is 0 Å². The Hall–Kier alpha value is -1.08. The van der Waals surface area contributed by atoms with Crippen LogP contribution in [-0.2, 0) is 11.3 Å². The highest BCUT2D eigenvalue weighted by molar-refractivity contribution is 5.13. The lowest BCUT2D eigenvalue weighted by atomic mass is 10.1. The highest BCUT2D eigenvalue weighted by Crippen LogP contribution is 2.17. The molecule has 1 nitrogen and oxygen atoms in total. The average molecular weight is 188 g/mol. The summed E-state index contributed by atoms with van der Waals surface area (Å²) in [6.45, 7) is 1.61. The number of benzene rings is 1. The minimum absolute atomic E-state index is 0.652. The fraction of sp³-hybridized carbons (Fsp3) is 0.385. The molecular formula is C13H16O. The van der Waals surface area contributed by atoms with Gasteiger partial charge in [-0.1, -0.05) is 42.5 Å². The van der Waals surface area contributed by atoms with E-state index >= 15 is 0 Å². The number of ether oxygens (including phenoxy) is 1. The molecule has 0 amide bonds. The fourth-order valence-electron chi connectivity index (χ4n) is 1.74. The molecule has 0 bridgehead atoms. The van der Waals surface area contributed by atoms with E-state index in [-0.39, 0.29) is 0 Å². The van der Waals surface area contributed by atoms with E-state index in [1.165, 1.54) is 18.4 Å². The van der Waals surface area contributed by atoms with Crippen LogP contribution in [0.3, 0.4) is 0 Å². The van der Waals surface area contributed by atoms with Crippen LogP contribution < -0.4 is 0 Å². The van der Waals surface area contributed by atoms with Gasteiger partial charge in [0, 0.05) is 5.92 Å². The molecule has 14 heavy (non-hydrogen) atoms. The summed E-state index contributed by atoms with van der Waals surface area (Å²) in [5.74, 6) is 0.652. The largest absolute Gasteiger partial charge is 0.376 e. The molecule has 0 heterocycles. The van der Waals surface area contributed by atoms with Gasteiger partial charge in [-0.25, -0.2) is 0 Å². The molecule has 2 rings (SSSR count). The third kappa shape index (κ3) is 2.71. The zero-order valence-electron chi connectivity index (χ0n) is 8.36. The van der Waals surface area contributed by atoms with Crippen molar-refractivity contribution in [2.45, 2.75) is 19.4 Å². The second-order valence-corrected chi connectivity index (χ2v) is 3.77. The Morgan fingerprint density at radius 3 is 2.79 bits per heavy atom. The van der Waals surface area contributed by atoms with Gasteiger partial charge in [-0.2, -0.15) is 0 Å². The van der Waals surface area contributed by atoms with Crippen molar-refractivity contribution < 1.29 is 4.74 Å². The first-order valence-electron chi connectivity index (χ1n) is 5.23. The van der Waals surface area contributed by atoms with Crippen LogP contribution in [0.4, 0.5) is 0 Å². The predicted octanol–water partition coefficient (Wildman–Crippen LogP) is 3.17. The molecule has 1 aromatic rings. The highest BCUT2D eigenvalue weighted by Gasteiger charge is 2.08. The van der Waals surface area contributed by atoms with Crippen LogP contribution in [0.2, 0.25) is 0 Å². The summed E-state index contributed by atoms with van der Waals surface area (Å²) in [6, 6.07) is 10.3. The Morgan fingerprint density at radius 2 is 2.07 bits per heavy atom. The van der Waals surface area contributed by atoms with Gasteiger partial charge in [-0.3, -0.25) is 0 Å². The summed E-state index contributed by atoms with van der Waals surface area (Å²) in [5.41, 5.74) is 1.26.